The van der Waals surface area contributed by atoms with Crippen LogP contribution in [0.3, 0.4) is 0 Å². The van der Waals surface area contributed by atoms with Gasteiger partial charge in [-0.25, -0.2) is 9.97 Å². The minimum atomic E-state index is -0.180. The molecular formula is C13H20BrClN2O. The molecule has 5 heteroatoms. The van der Waals surface area contributed by atoms with Gasteiger partial charge in [0.15, 0.2) is 5.82 Å². The Bertz CT molecular complexity index is 430. The molecule has 3 nitrogen and oxygen atoms in total. The van der Waals surface area contributed by atoms with Gasteiger partial charge in [-0.3, -0.25) is 0 Å². The van der Waals surface area contributed by atoms with E-state index < -0.39 is 0 Å². The van der Waals surface area contributed by atoms with Crippen LogP contribution >= 0.6 is 27.5 Å². The van der Waals surface area contributed by atoms with Crippen molar-refractivity contribution in [3.8, 4) is 0 Å². The number of nitrogens with zero attached hydrogens (tertiary/aromatic N) is 2. The van der Waals surface area contributed by atoms with Crippen molar-refractivity contribution in [2.24, 2.45) is 5.41 Å². The second-order valence-electron chi connectivity index (χ2n) is 5.71. The van der Waals surface area contributed by atoms with Gasteiger partial charge >= 0.3 is 0 Å². The van der Waals surface area contributed by atoms with E-state index in [9.17, 15) is 0 Å². The number of hydrogen-bond donors (Lipinski definition) is 0. The lowest BCUT2D eigenvalue weighted by Crippen LogP contribution is -2.23. The van der Waals surface area contributed by atoms with Crippen LogP contribution in [0.5, 0.6) is 0 Å². The fourth-order valence-corrected chi connectivity index (χ4v) is 2.62. The number of rotatable bonds is 3. The molecule has 0 spiro atoms. The van der Waals surface area contributed by atoms with E-state index in [1.54, 1.807) is 7.11 Å². The van der Waals surface area contributed by atoms with Crippen LogP contribution in [-0.2, 0) is 4.74 Å². The van der Waals surface area contributed by atoms with Crippen LogP contribution in [0.25, 0.3) is 0 Å². The zero-order chi connectivity index (χ0) is 14.1. The van der Waals surface area contributed by atoms with E-state index in [1.165, 1.54) is 0 Å². The van der Waals surface area contributed by atoms with Crippen LogP contribution in [0.2, 0.25) is 5.15 Å². The summed E-state index contributed by atoms with van der Waals surface area (Å²) in [6, 6.07) is 0. The van der Waals surface area contributed by atoms with E-state index in [-0.39, 0.29) is 17.4 Å². The molecule has 1 aromatic rings. The summed E-state index contributed by atoms with van der Waals surface area (Å²) in [5.41, 5.74) is 0.830. The van der Waals surface area contributed by atoms with E-state index in [2.05, 4.69) is 60.5 Å². The molecule has 0 fully saturated rings. The first-order chi connectivity index (χ1) is 8.18. The van der Waals surface area contributed by atoms with Gasteiger partial charge in [-0.1, -0.05) is 46.2 Å². The third-order valence-corrected chi connectivity index (χ3v) is 3.94. The van der Waals surface area contributed by atoms with Gasteiger partial charge < -0.3 is 4.74 Å². The molecule has 0 radical (unpaired) electrons. The summed E-state index contributed by atoms with van der Waals surface area (Å²) in [7, 11) is 1.67. The summed E-state index contributed by atoms with van der Waals surface area (Å²) in [5.74, 6) is 0.915. The first kappa shape index (κ1) is 15.9. The Hall–Kier alpha value is -0.190. The zero-order valence-corrected chi connectivity index (χ0v) is 14.1. The molecule has 102 valence electrons. The van der Waals surface area contributed by atoms with Crippen LogP contribution in [0.1, 0.15) is 58.2 Å². The normalized spacial score (nSPS) is 14.1. The Kier molecular flexibility index (Phi) is 5.15. The van der Waals surface area contributed by atoms with Crippen LogP contribution in [0.15, 0.2) is 4.47 Å². The molecule has 1 heterocycles. The molecule has 0 N–H and O–H groups in total. The summed E-state index contributed by atoms with van der Waals surface area (Å²) in [6.45, 7) is 10.4. The van der Waals surface area contributed by atoms with E-state index in [0.29, 0.717) is 11.0 Å². The molecule has 0 aliphatic rings. The van der Waals surface area contributed by atoms with Crippen molar-refractivity contribution in [2.45, 2.75) is 46.6 Å². The molecule has 0 saturated heterocycles. The lowest BCUT2D eigenvalue weighted by Gasteiger charge is -2.28. The maximum atomic E-state index is 6.16. The first-order valence-corrected chi connectivity index (χ1v) is 7.11. The first-order valence-electron chi connectivity index (χ1n) is 5.94. The highest BCUT2D eigenvalue weighted by Crippen LogP contribution is 2.36. The van der Waals surface area contributed by atoms with Gasteiger partial charge in [0.25, 0.3) is 0 Å². The lowest BCUT2D eigenvalue weighted by molar-refractivity contribution is 0.00845. The van der Waals surface area contributed by atoms with E-state index in [0.717, 1.165) is 10.2 Å². The molecule has 1 unspecified atom stereocenters. The average molecular weight is 336 g/mol. The molecule has 0 bridgehead atoms. The molecule has 1 atom stereocenters. The van der Waals surface area contributed by atoms with Gasteiger partial charge in [0.1, 0.15) is 11.3 Å². The van der Waals surface area contributed by atoms with E-state index >= 15 is 0 Å². The van der Waals surface area contributed by atoms with Crippen molar-refractivity contribution in [3.05, 3.63) is 21.1 Å². The van der Waals surface area contributed by atoms with Gasteiger partial charge in [0.2, 0.25) is 0 Å². The zero-order valence-electron chi connectivity index (χ0n) is 11.7. The SMILES string of the molecule is COC(c1nc(Cl)c(Br)c(C(C)C)n1)C(C)(C)C. The highest BCUT2D eigenvalue weighted by molar-refractivity contribution is 9.10. The fourth-order valence-electron chi connectivity index (χ4n) is 1.80. The third kappa shape index (κ3) is 3.43. The number of hydrogen-bond acceptors (Lipinski definition) is 3. The standard InChI is InChI=1S/C13H20BrClN2O/c1-7(2)9-8(14)11(15)17-12(16-9)10(18-6)13(3,4)5/h7,10H,1-6H3. The van der Waals surface area contributed by atoms with Crippen molar-refractivity contribution in [1.82, 2.24) is 9.97 Å². The minimum Gasteiger partial charge on any atom is -0.373 e. The second-order valence-corrected chi connectivity index (χ2v) is 6.86. The molecule has 0 aromatic carbocycles. The molecule has 18 heavy (non-hydrogen) atoms. The summed E-state index contributed by atoms with van der Waals surface area (Å²) >= 11 is 9.60. The van der Waals surface area contributed by atoms with Gasteiger partial charge in [-0.05, 0) is 27.3 Å². The van der Waals surface area contributed by atoms with Gasteiger partial charge in [0, 0.05) is 7.11 Å². The van der Waals surface area contributed by atoms with Crippen LogP contribution < -0.4 is 0 Å². The van der Waals surface area contributed by atoms with Gasteiger partial charge in [0.05, 0.1) is 10.2 Å². The summed E-state index contributed by atoms with van der Waals surface area (Å²) in [4.78, 5) is 8.94. The largest absolute Gasteiger partial charge is 0.373 e. The van der Waals surface area contributed by atoms with Crippen molar-refractivity contribution < 1.29 is 4.74 Å². The van der Waals surface area contributed by atoms with E-state index in [4.69, 9.17) is 16.3 Å². The van der Waals surface area contributed by atoms with Crippen molar-refractivity contribution in [3.63, 3.8) is 0 Å². The Morgan fingerprint density at radius 1 is 1.22 bits per heavy atom. The smallest absolute Gasteiger partial charge is 0.159 e. The Morgan fingerprint density at radius 3 is 2.17 bits per heavy atom. The quantitative estimate of drug-likeness (QED) is 0.748. The Balaban J connectivity index is 3.34. The monoisotopic (exact) mass is 334 g/mol. The number of ether oxygens (including phenoxy) is 1. The Morgan fingerprint density at radius 2 is 1.78 bits per heavy atom. The Labute approximate surface area is 122 Å². The topological polar surface area (TPSA) is 35.0 Å². The molecule has 0 saturated carbocycles. The average Bonchev–Trinajstić information content (AvgIpc) is 2.21. The maximum Gasteiger partial charge on any atom is 0.159 e. The third-order valence-electron chi connectivity index (χ3n) is 2.66. The molecule has 0 aliphatic carbocycles. The van der Waals surface area contributed by atoms with Gasteiger partial charge in [-0.2, -0.15) is 0 Å². The number of halogens is 2. The molecule has 1 aromatic heterocycles. The summed E-state index contributed by atoms with van der Waals surface area (Å²) < 4.78 is 6.30. The number of methoxy groups -OCH3 is 1. The van der Waals surface area contributed by atoms with Crippen LogP contribution in [-0.4, -0.2) is 17.1 Å². The summed E-state index contributed by atoms with van der Waals surface area (Å²) in [6.07, 6.45) is -0.180. The summed E-state index contributed by atoms with van der Waals surface area (Å²) in [5, 5.41) is 0.440. The van der Waals surface area contributed by atoms with Crippen molar-refractivity contribution >= 4 is 27.5 Å². The lowest BCUT2D eigenvalue weighted by atomic mass is 9.88. The highest BCUT2D eigenvalue weighted by Gasteiger charge is 2.30. The van der Waals surface area contributed by atoms with E-state index in [1.807, 2.05) is 0 Å². The minimum absolute atomic E-state index is 0.0832. The van der Waals surface area contributed by atoms with Crippen LogP contribution in [0, 0.1) is 5.41 Å². The molecular weight excluding hydrogens is 316 g/mol. The maximum absolute atomic E-state index is 6.16. The highest BCUT2D eigenvalue weighted by atomic mass is 79.9. The van der Waals surface area contributed by atoms with Crippen LogP contribution in [0.4, 0.5) is 0 Å². The van der Waals surface area contributed by atoms with Crippen molar-refractivity contribution in [1.29, 1.82) is 0 Å². The predicted octanol–water partition coefficient (Wildman–Crippen LogP) is 4.75. The van der Waals surface area contributed by atoms with Crippen molar-refractivity contribution in [2.75, 3.05) is 7.11 Å². The second kappa shape index (κ2) is 5.85. The fraction of sp³-hybridized carbons (Fsp3) is 0.692. The molecule has 0 amide bonds. The van der Waals surface area contributed by atoms with Gasteiger partial charge in [-0.15, -0.1) is 0 Å². The molecule has 1 rings (SSSR count). The number of aromatic nitrogens is 2. The predicted molar refractivity (Wildman–Crippen MR) is 78.0 cm³/mol. The molecule has 0 aliphatic heterocycles.